The molecule has 2 nitrogen and oxygen atoms in total. The van der Waals surface area contributed by atoms with Gasteiger partial charge >= 0.3 is 0 Å². The number of halogens is 1. The first kappa shape index (κ1) is 9.17. The molecule has 1 aliphatic rings. The number of rotatable bonds is 2. The normalized spacial score (nSPS) is 16.0. The molecule has 0 saturated carbocycles. The minimum atomic E-state index is -0.412. The molecule has 0 aliphatic carbocycles. The Hall–Kier alpha value is -1.40. The highest BCUT2D eigenvalue weighted by Gasteiger charge is 2.14. The van der Waals surface area contributed by atoms with E-state index in [1.165, 1.54) is 12.5 Å². The smallest absolute Gasteiger partial charge is 0.141 e. The van der Waals surface area contributed by atoms with Gasteiger partial charge in [-0.2, -0.15) is 5.26 Å². The summed E-state index contributed by atoms with van der Waals surface area (Å²) >= 11 is 0. The van der Waals surface area contributed by atoms with Gasteiger partial charge in [0.1, 0.15) is 11.9 Å². The lowest BCUT2D eigenvalue weighted by atomic mass is 10.1. The lowest BCUT2D eigenvalue weighted by Gasteiger charge is -2.30. The number of nitrogens with zero attached hydrogens (tertiary/aromatic N) is 2. The lowest BCUT2D eigenvalue weighted by molar-refractivity contribution is 0.172. The van der Waals surface area contributed by atoms with Crippen LogP contribution in [0.3, 0.4) is 0 Å². The van der Waals surface area contributed by atoms with E-state index in [0.29, 0.717) is 0 Å². The molecule has 1 fully saturated rings. The van der Waals surface area contributed by atoms with E-state index >= 15 is 0 Å². The van der Waals surface area contributed by atoms with E-state index in [1.54, 1.807) is 6.07 Å². The minimum absolute atomic E-state index is 0.123. The molecular formula is C11H11FN2. The van der Waals surface area contributed by atoms with Crippen LogP contribution in [0.5, 0.6) is 0 Å². The molecule has 0 radical (unpaired) electrons. The second-order valence-corrected chi connectivity index (χ2v) is 3.56. The van der Waals surface area contributed by atoms with Crippen LogP contribution < -0.4 is 0 Å². The highest BCUT2D eigenvalue weighted by molar-refractivity contribution is 5.33. The molecule has 3 heteroatoms. The summed E-state index contributed by atoms with van der Waals surface area (Å²) in [4.78, 5) is 2.25. The monoisotopic (exact) mass is 190 g/mol. The van der Waals surface area contributed by atoms with Crippen molar-refractivity contribution in [2.75, 3.05) is 13.1 Å². The third-order valence-corrected chi connectivity index (χ3v) is 2.51. The number of benzene rings is 1. The van der Waals surface area contributed by atoms with Gasteiger partial charge < -0.3 is 0 Å². The maximum Gasteiger partial charge on any atom is 0.141 e. The van der Waals surface area contributed by atoms with E-state index in [4.69, 9.17) is 5.26 Å². The van der Waals surface area contributed by atoms with Crippen molar-refractivity contribution < 1.29 is 4.39 Å². The quantitative estimate of drug-likeness (QED) is 0.712. The Morgan fingerprint density at radius 3 is 2.71 bits per heavy atom. The first-order valence-electron chi connectivity index (χ1n) is 4.70. The summed E-state index contributed by atoms with van der Waals surface area (Å²) in [5.74, 6) is -0.412. The number of nitriles is 1. The maximum absolute atomic E-state index is 13.2. The van der Waals surface area contributed by atoms with E-state index in [-0.39, 0.29) is 5.56 Å². The highest BCUT2D eigenvalue weighted by Crippen LogP contribution is 2.15. The molecule has 0 amide bonds. The third-order valence-electron chi connectivity index (χ3n) is 2.51. The Labute approximate surface area is 82.6 Å². The fraction of sp³-hybridized carbons (Fsp3) is 0.364. The Bertz CT molecular complexity index is 377. The largest absolute Gasteiger partial charge is 0.299 e. The third kappa shape index (κ3) is 1.75. The van der Waals surface area contributed by atoms with E-state index in [2.05, 4.69) is 4.90 Å². The van der Waals surface area contributed by atoms with Crippen molar-refractivity contribution in [2.24, 2.45) is 0 Å². The standard InChI is InChI=1S/C11H11FN2/c12-11-6-9(2-3-10(11)7-13)8-14-4-1-5-14/h2-3,6H,1,4-5,8H2. The van der Waals surface area contributed by atoms with E-state index in [1.807, 2.05) is 12.1 Å². The van der Waals surface area contributed by atoms with Gasteiger partial charge in [-0.1, -0.05) is 6.07 Å². The highest BCUT2D eigenvalue weighted by atomic mass is 19.1. The van der Waals surface area contributed by atoms with Crippen LogP contribution in [0.15, 0.2) is 18.2 Å². The maximum atomic E-state index is 13.2. The summed E-state index contributed by atoms with van der Waals surface area (Å²) < 4.78 is 13.2. The molecule has 2 rings (SSSR count). The zero-order valence-corrected chi connectivity index (χ0v) is 7.83. The molecule has 0 N–H and O–H groups in total. The number of hydrogen-bond acceptors (Lipinski definition) is 2. The molecule has 1 heterocycles. The zero-order valence-electron chi connectivity index (χ0n) is 7.83. The van der Waals surface area contributed by atoms with Crippen LogP contribution in [0.2, 0.25) is 0 Å². The van der Waals surface area contributed by atoms with Crippen molar-refractivity contribution in [1.29, 1.82) is 5.26 Å². The zero-order chi connectivity index (χ0) is 9.97. The summed E-state index contributed by atoms with van der Waals surface area (Å²) in [6, 6.07) is 6.64. The van der Waals surface area contributed by atoms with Gasteiger partial charge in [0, 0.05) is 6.54 Å². The van der Waals surface area contributed by atoms with Crippen molar-refractivity contribution >= 4 is 0 Å². The average molecular weight is 190 g/mol. The average Bonchev–Trinajstić information content (AvgIpc) is 2.12. The molecule has 1 aliphatic heterocycles. The van der Waals surface area contributed by atoms with Gasteiger partial charge in [0.2, 0.25) is 0 Å². The fourth-order valence-electron chi connectivity index (χ4n) is 1.55. The molecule has 14 heavy (non-hydrogen) atoms. The first-order chi connectivity index (χ1) is 6.79. The van der Waals surface area contributed by atoms with Crippen molar-refractivity contribution in [2.45, 2.75) is 13.0 Å². The fourth-order valence-corrected chi connectivity index (χ4v) is 1.55. The van der Waals surface area contributed by atoms with Crippen LogP contribution in [-0.2, 0) is 6.54 Å². The summed E-state index contributed by atoms with van der Waals surface area (Å²) in [6.45, 7) is 2.99. The van der Waals surface area contributed by atoms with Gasteiger partial charge in [0.15, 0.2) is 0 Å². The predicted molar refractivity (Wildman–Crippen MR) is 51.0 cm³/mol. The Morgan fingerprint density at radius 1 is 1.43 bits per heavy atom. The molecular weight excluding hydrogens is 179 g/mol. The lowest BCUT2D eigenvalue weighted by Crippen LogP contribution is -2.36. The van der Waals surface area contributed by atoms with E-state index < -0.39 is 5.82 Å². The second-order valence-electron chi connectivity index (χ2n) is 3.56. The van der Waals surface area contributed by atoms with Crippen LogP contribution in [0.25, 0.3) is 0 Å². The molecule has 1 aromatic rings. The van der Waals surface area contributed by atoms with Crippen LogP contribution in [0.4, 0.5) is 4.39 Å². The van der Waals surface area contributed by atoms with Crippen molar-refractivity contribution in [3.8, 4) is 6.07 Å². The second kappa shape index (κ2) is 3.77. The molecule has 1 aromatic carbocycles. The summed E-state index contributed by atoms with van der Waals surface area (Å²) in [5, 5.41) is 8.55. The Balaban J connectivity index is 2.12. The van der Waals surface area contributed by atoms with Gasteiger partial charge in [0.05, 0.1) is 5.56 Å². The minimum Gasteiger partial charge on any atom is -0.299 e. The molecule has 72 valence electrons. The van der Waals surface area contributed by atoms with Gasteiger partial charge in [0.25, 0.3) is 0 Å². The molecule has 0 spiro atoms. The SMILES string of the molecule is N#Cc1ccc(CN2CCC2)cc1F. The summed E-state index contributed by atoms with van der Waals surface area (Å²) in [5.41, 5.74) is 1.07. The van der Waals surface area contributed by atoms with Gasteiger partial charge in [-0.15, -0.1) is 0 Å². The van der Waals surface area contributed by atoms with Crippen molar-refractivity contribution in [3.63, 3.8) is 0 Å². The van der Waals surface area contributed by atoms with Gasteiger partial charge in [-0.05, 0) is 37.2 Å². The Morgan fingerprint density at radius 2 is 2.21 bits per heavy atom. The van der Waals surface area contributed by atoms with E-state index in [0.717, 1.165) is 25.2 Å². The number of likely N-dealkylation sites (tertiary alicyclic amines) is 1. The summed E-state index contributed by atoms with van der Waals surface area (Å²) in [6.07, 6.45) is 1.23. The Kier molecular flexibility index (Phi) is 2.47. The molecule has 0 atom stereocenters. The topological polar surface area (TPSA) is 27.0 Å². The van der Waals surface area contributed by atoms with Gasteiger partial charge in [-0.3, -0.25) is 4.90 Å². The summed E-state index contributed by atoms with van der Waals surface area (Å²) in [7, 11) is 0. The predicted octanol–water partition coefficient (Wildman–Crippen LogP) is 1.90. The van der Waals surface area contributed by atoms with Crippen molar-refractivity contribution in [3.05, 3.63) is 35.1 Å². The van der Waals surface area contributed by atoms with Gasteiger partial charge in [-0.25, -0.2) is 4.39 Å². The van der Waals surface area contributed by atoms with E-state index in [9.17, 15) is 4.39 Å². The molecule has 0 unspecified atom stereocenters. The van der Waals surface area contributed by atoms with Crippen LogP contribution in [0.1, 0.15) is 17.5 Å². The molecule has 0 aromatic heterocycles. The number of hydrogen-bond donors (Lipinski definition) is 0. The van der Waals surface area contributed by atoms with Crippen LogP contribution in [-0.4, -0.2) is 18.0 Å². The molecule has 0 bridgehead atoms. The molecule has 1 saturated heterocycles. The van der Waals surface area contributed by atoms with Crippen molar-refractivity contribution in [1.82, 2.24) is 4.90 Å². The first-order valence-corrected chi connectivity index (χ1v) is 4.70. The van der Waals surface area contributed by atoms with Crippen LogP contribution in [0, 0.1) is 17.1 Å². The van der Waals surface area contributed by atoms with Crippen LogP contribution >= 0.6 is 0 Å².